The van der Waals surface area contributed by atoms with E-state index in [-0.39, 0.29) is 60.2 Å². The van der Waals surface area contributed by atoms with E-state index in [2.05, 4.69) is 10.6 Å². The molecule has 3 amide bonds. The standard InChI is InChI=1S/C35H51ClN4O7S/c1-24-21-40(25(2)23-41)34(42)31-20-29(38-35(43)37-28-11-6-5-7-12-28)15-18-32(31)47-26(3)10-8-9-19-46-33(24)22-39(4)48(44,45)30-16-13-27(36)14-17-30/h13-18,20,24-26,28,33,41H,5-12,19,21-23H2,1-4H3,(H2,37,38,43)/t24-,25-,26-,33-/m1/s1. The number of carbonyl (C=O) groups is 2. The first kappa shape index (κ1) is 37.9. The Morgan fingerprint density at radius 1 is 1.06 bits per heavy atom. The second-order valence-corrected chi connectivity index (χ2v) is 15.7. The third kappa shape index (κ3) is 10.3. The molecule has 2 aliphatic rings. The number of carbonyl (C=O) groups excluding carboxylic acids is 2. The zero-order valence-electron chi connectivity index (χ0n) is 28.5. The van der Waals surface area contributed by atoms with Crippen molar-refractivity contribution in [3.8, 4) is 5.75 Å². The third-order valence-electron chi connectivity index (χ3n) is 9.21. The van der Waals surface area contributed by atoms with Crippen LogP contribution in [0.4, 0.5) is 10.5 Å². The predicted octanol–water partition coefficient (Wildman–Crippen LogP) is 5.91. The zero-order chi connectivity index (χ0) is 34.8. The molecule has 0 saturated heterocycles. The number of anilines is 1. The van der Waals surface area contributed by atoms with Crippen molar-refractivity contribution >= 4 is 39.2 Å². The molecule has 266 valence electrons. The van der Waals surface area contributed by atoms with E-state index in [1.807, 2.05) is 13.8 Å². The van der Waals surface area contributed by atoms with Crippen molar-refractivity contribution in [3.05, 3.63) is 53.1 Å². The van der Waals surface area contributed by atoms with Gasteiger partial charge in [-0.25, -0.2) is 13.2 Å². The summed E-state index contributed by atoms with van der Waals surface area (Å²) in [5.74, 6) is -0.299. The van der Waals surface area contributed by atoms with Crippen LogP contribution in [0, 0.1) is 5.92 Å². The molecule has 4 atom stereocenters. The van der Waals surface area contributed by atoms with E-state index >= 15 is 0 Å². The maximum atomic E-state index is 14.4. The molecule has 1 saturated carbocycles. The Morgan fingerprint density at radius 2 is 1.75 bits per heavy atom. The number of halogens is 1. The molecule has 0 aromatic heterocycles. The Labute approximate surface area is 290 Å². The van der Waals surface area contributed by atoms with Gasteiger partial charge in [0.15, 0.2) is 0 Å². The summed E-state index contributed by atoms with van der Waals surface area (Å²) in [5.41, 5.74) is 0.717. The van der Waals surface area contributed by atoms with Gasteiger partial charge in [0.1, 0.15) is 5.75 Å². The van der Waals surface area contributed by atoms with Crippen molar-refractivity contribution in [2.75, 3.05) is 38.7 Å². The molecule has 48 heavy (non-hydrogen) atoms. The monoisotopic (exact) mass is 706 g/mol. The van der Waals surface area contributed by atoms with Gasteiger partial charge in [0.25, 0.3) is 5.91 Å². The smallest absolute Gasteiger partial charge is 0.319 e. The summed E-state index contributed by atoms with van der Waals surface area (Å²) in [6, 6.07) is 10.3. The van der Waals surface area contributed by atoms with Crippen LogP contribution in [0.15, 0.2) is 47.4 Å². The van der Waals surface area contributed by atoms with Gasteiger partial charge >= 0.3 is 6.03 Å². The van der Waals surface area contributed by atoms with Gasteiger partial charge in [-0.2, -0.15) is 4.31 Å². The molecule has 2 aromatic carbocycles. The van der Waals surface area contributed by atoms with Crippen LogP contribution in [-0.2, 0) is 14.8 Å². The summed E-state index contributed by atoms with van der Waals surface area (Å²) in [6.45, 7) is 5.97. The molecule has 1 fully saturated rings. The number of fused-ring (bicyclic) bond motifs is 1. The number of likely N-dealkylation sites (N-methyl/N-ethyl adjacent to an activating group) is 1. The van der Waals surface area contributed by atoms with Crippen molar-refractivity contribution in [1.29, 1.82) is 0 Å². The number of urea groups is 1. The van der Waals surface area contributed by atoms with E-state index < -0.39 is 22.2 Å². The van der Waals surface area contributed by atoms with Crippen LogP contribution in [0.5, 0.6) is 5.75 Å². The van der Waals surface area contributed by atoms with Crippen LogP contribution in [0.3, 0.4) is 0 Å². The second-order valence-electron chi connectivity index (χ2n) is 13.2. The molecule has 2 aromatic rings. The number of nitrogens with one attached hydrogen (secondary N) is 2. The topological polar surface area (TPSA) is 138 Å². The van der Waals surface area contributed by atoms with Crippen LogP contribution < -0.4 is 15.4 Å². The van der Waals surface area contributed by atoms with E-state index in [1.54, 1.807) is 30.0 Å². The fraction of sp³-hybridized carbons (Fsp3) is 0.600. The van der Waals surface area contributed by atoms with Gasteiger partial charge in [-0.1, -0.05) is 37.8 Å². The summed E-state index contributed by atoms with van der Waals surface area (Å²) in [6.07, 6.45) is 6.75. The number of sulfonamides is 1. The highest BCUT2D eigenvalue weighted by Gasteiger charge is 2.32. The molecular formula is C35H51ClN4O7S. The quantitative estimate of drug-likeness (QED) is 0.310. The first-order chi connectivity index (χ1) is 22.9. The third-order valence-corrected chi connectivity index (χ3v) is 11.3. The average Bonchev–Trinajstić information content (AvgIpc) is 3.06. The summed E-state index contributed by atoms with van der Waals surface area (Å²) in [5, 5.41) is 16.6. The minimum absolute atomic E-state index is 0.0575. The van der Waals surface area contributed by atoms with Crippen LogP contribution in [0.2, 0.25) is 5.02 Å². The minimum atomic E-state index is -3.84. The van der Waals surface area contributed by atoms with Gasteiger partial charge in [-0.15, -0.1) is 0 Å². The zero-order valence-corrected chi connectivity index (χ0v) is 30.1. The fourth-order valence-electron chi connectivity index (χ4n) is 6.20. The largest absolute Gasteiger partial charge is 0.490 e. The molecule has 0 unspecified atom stereocenters. The van der Waals surface area contributed by atoms with Crippen molar-refractivity contribution in [1.82, 2.24) is 14.5 Å². The predicted molar refractivity (Wildman–Crippen MR) is 187 cm³/mol. The molecular weight excluding hydrogens is 656 g/mol. The molecule has 1 aliphatic carbocycles. The van der Waals surface area contributed by atoms with Crippen LogP contribution in [-0.4, -0.2) is 92.3 Å². The van der Waals surface area contributed by atoms with Crippen molar-refractivity contribution in [3.63, 3.8) is 0 Å². The van der Waals surface area contributed by atoms with Crippen molar-refractivity contribution in [2.45, 2.75) is 101 Å². The molecule has 13 heteroatoms. The lowest BCUT2D eigenvalue weighted by atomic mass is 9.96. The molecule has 4 rings (SSSR count). The van der Waals surface area contributed by atoms with E-state index in [1.165, 1.54) is 42.0 Å². The second kappa shape index (κ2) is 17.7. The molecule has 1 heterocycles. The minimum Gasteiger partial charge on any atom is -0.490 e. The summed E-state index contributed by atoms with van der Waals surface area (Å²) in [4.78, 5) is 28.9. The molecule has 0 spiro atoms. The van der Waals surface area contributed by atoms with Gasteiger partial charge < -0.3 is 30.1 Å². The van der Waals surface area contributed by atoms with E-state index in [0.717, 1.165) is 38.5 Å². The summed E-state index contributed by atoms with van der Waals surface area (Å²) < 4.78 is 40.7. The average molecular weight is 707 g/mol. The molecule has 3 N–H and O–H groups in total. The summed E-state index contributed by atoms with van der Waals surface area (Å²) in [7, 11) is -2.33. The van der Waals surface area contributed by atoms with Crippen molar-refractivity contribution < 1.29 is 32.6 Å². The number of aliphatic hydroxyl groups excluding tert-OH is 1. The SMILES string of the molecule is C[C@@H]1CCCCO[C@H](CN(C)S(=O)(=O)c2ccc(Cl)cc2)[C@H](C)CN([C@H](C)CO)C(=O)c2cc(NC(=O)NC3CCCCC3)ccc2O1. The van der Waals surface area contributed by atoms with Crippen molar-refractivity contribution in [2.24, 2.45) is 5.92 Å². The van der Waals surface area contributed by atoms with E-state index in [9.17, 15) is 23.1 Å². The Kier molecular flexibility index (Phi) is 14.0. The Hall–Kier alpha value is -2.90. The molecule has 0 radical (unpaired) electrons. The number of aliphatic hydroxyl groups is 1. The summed E-state index contributed by atoms with van der Waals surface area (Å²) >= 11 is 5.99. The van der Waals surface area contributed by atoms with Gasteiger partial charge in [-0.3, -0.25) is 4.79 Å². The lowest BCUT2D eigenvalue weighted by Crippen LogP contribution is -2.48. The Morgan fingerprint density at radius 3 is 2.44 bits per heavy atom. The lowest BCUT2D eigenvalue weighted by molar-refractivity contribution is -0.00833. The number of benzene rings is 2. The first-order valence-electron chi connectivity index (χ1n) is 17.0. The highest BCUT2D eigenvalue weighted by molar-refractivity contribution is 7.89. The number of hydrogen-bond acceptors (Lipinski definition) is 7. The van der Waals surface area contributed by atoms with Gasteiger partial charge in [-0.05, 0) is 88.4 Å². The highest BCUT2D eigenvalue weighted by atomic mass is 35.5. The van der Waals surface area contributed by atoms with Crippen LogP contribution in [0.1, 0.15) is 82.5 Å². The van der Waals surface area contributed by atoms with Gasteiger partial charge in [0, 0.05) is 49.4 Å². The van der Waals surface area contributed by atoms with E-state index in [4.69, 9.17) is 21.1 Å². The molecule has 0 bridgehead atoms. The normalized spacial score (nSPS) is 22.7. The number of nitrogens with zero attached hydrogens (tertiary/aromatic N) is 2. The maximum absolute atomic E-state index is 14.4. The fourth-order valence-corrected chi connectivity index (χ4v) is 7.51. The van der Waals surface area contributed by atoms with Gasteiger partial charge in [0.05, 0.1) is 35.3 Å². The molecule has 1 aliphatic heterocycles. The molecule has 11 nitrogen and oxygen atoms in total. The van der Waals surface area contributed by atoms with Crippen LogP contribution >= 0.6 is 11.6 Å². The maximum Gasteiger partial charge on any atom is 0.319 e. The number of hydrogen-bond donors (Lipinski definition) is 3. The number of amides is 3. The lowest BCUT2D eigenvalue weighted by Gasteiger charge is -2.35. The van der Waals surface area contributed by atoms with E-state index in [0.29, 0.717) is 29.5 Å². The first-order valence-corrected chi connectivity index (χ1v) is 18.8. The van der Waals surface area contributed by atoms with Gasteiger partial charge in [0.2, 0.25) is 10.0 Å². The highest BCUT2D eigenvalue weighted by Crippen LogP contribution is 2.29. The number of ether oxygens (including phenoxy) is 2. The Bertz CT molecular complexity index is 1470. The Balaban J connectivity index is 1.60. The number of rotatable bonds is 8. The van der Waals surface area contributed by atoms with Crippen LogP contribution in [0.25, 0.3) is 0 Å².